The van der Waals surface area contributed by atoms with Gasteiger partial charge in [-0.05, 0) is 49.0 Å². The van der Waals surface area contributed by atoms with Gasteiger partial charge in [-0.25, -0.2) is 0 Å². The van der Waals surface area contributed by atoms with Crippen molar-refractivity contribution < 1.29 is 9.84 Å². The molecule has 20 heavy (non-hydrogen) atoms. The maximum Gasteiger partial charge on any atom is 0.124 e. The second-order valence-corrected chi connectivity index (χ2v) is 7.16. The van der Waals surface area contributed by atoms with E-state index in [0.717, 1.165) is 30.1 Å². The highest BCUT2D eigenvalue weighted by Crippen LogP contribution is 2.44. The van der Waals surface area contributed by atoms with Gasteiger partial charge in [0.25, 0.3) is 0 Å². The molecule has 0 aromatic heterocycles. The average molecular weight is 276 g/mol. The van der Waals surface area contributed by atoms with E-state index in [0.29, 0.717) is 11.3 Å². The summed E-state index contributed by atoms with van der Waals surface area (Å²) in [6.07, 6.45) is 4.27. The molecule has 0 bridgehead atoms. The standard InChI is InChI=1S/C18H28O2/c1-18(2,3)14-11-9-13(10-12-14)17(19)15-7-5-6-8-16(15)20-4/h5-8,13-14,17,19H,9-12H2,1-4H3. The van der Waals surface area contributed by atoms with Crippen LogP contribution in [0.4, 0.5) is 0 Å². The van der Waals surface area contributed by atoms with Crippen LogP contribution in [-0.2, 0) is 0 Å². The molecule has 0 heterocycles. The molecule has 1 aromatic carbocycles. The minimum atomic E-state index is -0.396. The number of benzene rings is 1. The Bertz CT molecular complexity index is 425. The first kappa shape index (κ1) is 15.4. The number of hydrogen-bond donors (Lipinski definition) is 1. The molecule has 1 N–H and O–H groups in total. The number of para-hydroxylation sites is 1. The van der Waals surface area contributed by atoms with E-state index in [4.69, 9.17) is 4.74 Å². The Labute approximate surface area is 123 Å². The second-order valence-electron chi connectivity index (χ2n) is 7.16. The Morgan fingerprint density at radius 1 is 1.10 bits per heavy atom. The van der Waals surface area contributed by atoms with Gasteiger partial charge >= 0.3 is 0 Å². The van der Waals surface area contributed by atoms with Gasteiger partial charge in [-0.3, -0.25) is 0 Å². The van der Waals surface area contributed by atoms with E-state index < -0.39 is 6.10 Å². The molecule has 1 fully saturated rings. The topological polar surface area (TPSA) is 29.5 Å². The van der Waals surface area contributed by atoms with Gasteiger partial charge < -0.3 is 9.84 Å². The lowest BCUT2D eigenvalue weighted by Crippen LogP contribution is -2.28. The first-order valence-corrected chi connectivity index (χ1v) is 7.74. The lowest BCUT2D eigenvalue weighted by Gasteiger charge is -2.38. The smallest absolute Gasteiger partial charge is 0.124 e. The van der Waals surface area contributed by atoms with Crippen LogP contribution in [0.3, 0.4) is 0 Å². The lowest BCUT2D eigenvalue weighted by molar-refractivity contribution is 0.0513. The van der Waals surface area contributed by atoms with Gasteiger partial charge in [-0.2, -0.15) is 0 Å². The van der Waals surface area contributed by atoms with Crippen LogP contribution in [0.25, 0.3) is 0 Å². The fraction of sp³-hybridized carbons (Fsp3) is 0.667. The minimum Gasteiger partial charge on any atom is -0.496 e. The van der Waals surface area contributed by atoms with Gasteiger partial charge in [0.05, 0.1) is 13.2 Å². The number of aliphatic hydroxyl groups is 1. The normalized spacial score (nSPS) is 25.2. The monoisotopic (exact) mass is 276 g/mol. The summed E-state index contributed by atoms with van der Waals surface area (Å²) in [5.41, 5.74) is 1.33. The molecule has 0 saturated heterocycles. The summed E-state index contributed by atoms with van der Waals surface area (Å²) in [6, 6.07) is 7.84. The molecule has 2 rings (SSSR count). The van der Waals surface area contributed by atoms with Gasteiger partial charge in [0.2, 0.25) is 0 Å². The van der Waals surface area contributed by atoms with E-state index in [2.05, 4.69) is 20.8 Å². The van der Waals surface area contributed by atoms with Crippen LogP contribution >= 0.6 is 0 Å². The molecule has 1 saturated carbocycles. The molecular formula is C18H28O2. The quantitative estimate of drug-likeness (QED) is 0.875. The lowest BCUT2D eigenvalue weighted by atomic mass is 9.68. The Morgan fingerprint density at radius 3 is 2.25 bits per heavy atom. The molecule has 2 nitrogen and oxygen atoms in total. The zero-order valence-electron chi connectivity index (χ0n) is 13.2. The molecule has 0 spiro atoms. The van der Waals surface area contributed by atoms with Crippen molar-refractivity contribution in [2.75, 3.05) is 7.11 Å². The van der Waals surface area contributed by atoms with Crippen LogP contribution in [0.2, 0.25) is 0 Å². The third kappa shape index (κ3) is 3.35. The molecule has 1 atom stereocenters. The number of methoxy groups -OCH3 is 1. The van der Waals surface area contributed by atoms with Crippen LogP contribution in [0, 0.1) is 17.3 Å². The number of ether oxygens (including phenoxy) is 1. The number of rotatable bonds is 3. The zero-order valence-corrected chi connectivity index (χ0v) is 13.2. The molecule has 2 heteroatoms. The summed E-state index contributed by atoms with van der Waals surface area (Å²) in [4.78, 5) is 0. The largest absolute Gasteiger partial charge is 0.496 e. The predicted octanol–water partition coefficient (Wildman–Crippen LogP) is 4.58. The summed E-state index contributed by atoms with van der Waals surface area (Å²) in [7, 11) is 1.67. The van der Waals surface area contributed by atoms with Crippen molar-refractivity contribution in [1.29, 1.82) is 0 Å². The Hall–Kier alpha value is -1.02. The van der Waals surface area contributed by atoms with Crippen LogP contribution < -0.4 is 4.74 Å². The highest BCUT2D eigenvalue weighted by Gasteiger charge is 2.33. The van der Waals surface area contributed by atoms with Crippen LogP contribution in [0.5, 0.6) is 5.75 Å². The van der Waals surface area contributed by atoms with Gasteiger partial charge in [0.1, 0.15) is 5.75 Å². The summed E-state index contributed by atoms with van der Waals surface area (Å²) < 4.78 is 5.37. The highest BCUT2D eigenvalue weighted by molar-refractivity contribution is 5.35. The van der Waals surface area contributed by atoms with Crippen molar-refractivity contribution in [2.45, 2.75) is 52.6 Å². The zero-order chi connectivity index (χ0) is 14.8. The Morgan fingerprint density at radius 2 is 1.70 bits per heavy atom. The van der Waals surface area contributed by atoms with E-state index in [1.165, 1.54) is 12.8 Å². The van der Waals surface area contributed by atoms with Crippen LogP contribution in [0.1, 0.15) is 58.1 Å². The molecule has 1 aliphatic carbocycles. The molecule has 0 aliphatic heterocycles. The van der Waals surface area contributed by atoms with E-state index in [9.17, 15) is 5.11 Å². The second kappa shape index (κ2) is 6.17. The van der Waals surface area contributed by atoms with E-state index >= 15 is 0 Å². The fourth-order valence-corrected chi connectivity index (χ4v) is 3.47. The Balaban J connectivity index is 2.03. The van der Waals surface area contributed by atoms with Crippen molar-refractivity contribution in [1.82, 2.24) is 0 Å². The van der Waals surface area contributed by atoms with Crippen molar-refractivity contribution in [3.05, 3.63) is 29.8 Å². The van der Waals surface area contributed by atoms with E-state index in [-0.39, 0.29) is 0 Å². The first-order valence-electron chi connectivity index (χ1n) is 7.74. The number of hydrogen-bond acceptors (Lipinski definition) is 2. The SMILES string of the molecule is COc1ccccc1C(O)C1CCC(C(C)(C)C)CC1. The van der Waals surface area contributed by atoms with Gasteiger partial charge in [-0.1, -0.05) is 39.0 Å². The molecule has 1 unspecified atom stereocenters. The third-order valence-electron chi connectivity index (χ3n) is 4.90. The van der Waals surface area contributed by atoms with Gasteiger partial charge in [0.15, 0.2) is 0 Å². The predicted molar refractivity (Wildman–Crippen MR) is 82.9 cm³/mol. The Kier molecular flexibility index (Phi) is 4.74. The van der Waals surface area contributed by atoms with Crippen LogP contribution in [-0.4, -0.2) is 12.2 Å². The molecule has 1 aromatic rings. The maximum atomic E-state index is 10.7. The van der Waals surface area contributed by atoms with E-state index in [1.807, 2.05) is 24.3 Å². The maximum absolute atomic E-state index is 10.7. The average Bonchev–Trinajstić information content (AvgIpc) is 2.45. The fourth-order valence-electron chi connectivity index (χ4n) is 3.47. The minimum absolute atomic E-state index is 0.366. The molecule has 112 valence electrons. The molecular weight excluding hydrogens is 248 g/mol. The van der Waals surface area contributed by atoms with Crippen LogP contribution in [0.15, 0.2) is 24.3 Å². The summed E-state index contributed by atoms with van der Waals surface area (Å²) in [5.74, 6) is 1.95. The van der Waals surface area contributed by atoms with Gasteiger partial charge in [-0.15, -0.1) is 0 Å². The molecule has 0 radical (unpaired) electrons. The van der Waals surface area contributed by atoms with Crippen molar-refractivity contribution in [2.24, 2.45) is 17.3 Å². The summed E-state index contributed by atoms with van der Waals surface area (Å²) in [6.45, 7) is 6.98. The first-order chi connectivity index (χ1) is 9.43. The summed E-state index contributed by atoms with van der Waals surface area (Å²) in [5, 5.41) is 10.7. The van der Waals surface area contributed by atoms with Gasteiger partial charge in [0, 0.05) is 5.56 Å². The van der Waals surface area contributed by atoms with E-state index in [1.54, 1.807) is 7.11 Å². The number of aliphatic hydroxyl groups excluding tert-OH is 1. The van der Waals surface area contributed by atoms with Crippen molar-refractivity contribution in [3.63, 3.8) is 0 Å². The van der Waals surface area contributed by atoms with Crippen molar-refractivity contribution >= 4 is 0 Å². The third-order valence-corrected chi connectivity index (χ3v) is 4.90. The summed E-state index contributed by atoms with van der Waals surface area (Å²) >= 11 is 0. The highest BCUT2D eigenvalue weighted by atomic mass is 16.5. The molecule has 1 aliphatic rings. The van der Waals surface area contributed by atoms with Crippen molar-refractivity contribution in [3.8, 4) is 5.75 Å². The molecule has 0 amide bonds.